The lowest BCUT2D eigenvalue weighted by Gasteiger charge is -2.31. The molecule has 0 bridgehead atoms. The predicted octanol–water partition coefficient (Wildman–Crippen LogP) is 2.06. The molecule has 2 aliphatic rings. The van der Waals surface area contributed by atoms with Crippen LogP contribution in [0.2, 0.25) is 0 Å². The Morgan fingerprint density at radius 3 is 2.48 bits per heavy atom. The molecule has 1 aliphatic heterocycles. The van der Waals surface area contributed by atoms with Crippen molar-refractivity contribution in [3.63, 3.8) is 0 Å². The van der Waals surface area contributed by atoms with Crippen LogP contribution in [0, 0.1) is 6.92 Å². The van der Waals surface area contributed by atoms with Gasteiger partial charge in [-0.05, 0) is 50.8 Å². The molecule has 1 amide bonds. The van der Waals surface area contributed by atoms with Crippen molar-refractivity contribution in [1.82, 2.24) is 34.5 Å². The summed E-state index contributed by atoms with van der Waals surface area (Å²) in [7, 11) is 1.82. The van der Waals surface area contributed by atoms with E-state index in [4.69, 9.17) is 5.10 Å². The zero-order valence-electron chi connectivity index (χ0n) is 15.7. The minimum Gasteiger partial charge on any atom is -0.337 e. The van der Waals surface area contributed by atoms with E-state index >= 15 is 0 Å². The lowest BCUT2D eigenvalue weighted by molar-refractivity contribution is 0.0699. The highest BCUT2D eigenvalue weighted by Gasteiger charge is 2.30. The van der Waals surface area contributed by atoms with Crippen LogP contribution >= 0.6 is 0 Å². The van der Waals surface area contributed by atoms with Gasteiger partial charge in [0, 0.05) is 32.0 Å². The van der Waals surface area contributed by atoms with Crippen LogP contribution in [0.3, 0.4) is 0 Å². The molecule has 0 N–H and O–H groups in total. The first kappa shape index (κ1) is 16.4. The highest BCUT2D eigenvalue weighted by Crippen LogP contribution is 2.39. The standard InChI is InChI=1S/C19H23N7O/c1-12-11-16(24(2)22-12)19(27)25-9-7-14(8-10-25)18-21-20-17-6-5-15(13-3-4-13)23-26(17)18/h5-6,11,13-14H,3-4,7-10H2,1-2H3. The fourth-order valence-electron chi connectivity index (χ4n) is 3.98. The van der Waals surface area contributed by atoms with Crippen LogP contribution < -0.4 is 0 Å². The van der Waals surface area contributed by atoms with Crippen molar-refractivity contribution in [2.75, 3.05) is 13.1 Å². The summed E-state index contributed by atoms with van der Waals surface area (Å²) in [5.74, 6) is 1.86. The van der Waals surface area contributed by atoms with Crippen LogP contribution in [0.5, 0.6) is 0 Å². The molecule has 0 aromatic carbocycles. The van der Waals surface area contributed by atoms with E-state index in [9.17, 15) is 4.79 Å². The highest BCUT2D eigenvalue weighted by molar-refractivity contribution is 5.92. The first-order valence-electron chi connectivity index (χ1n) is 9.62. The number of likely N-dealkylation sites (tertiary alicyclic amines) is 1. The third-order valence-electron chi connectivity index (χ3n) is 5.67. The summed E-state index contributed by atoms with van der Waals surface area (Å²) < 4.78 is 3.58. The summed E-state index contributed by atoms with van der Waals surface area (Å²) in [6, 6.07) is 5.94. The minimum absolute atomic E-state index is 0.0526. The zero-order chi connectivity index (χ0) is 18.5. The Kier molecular flexibility index (Phi) is 3.73. The second kappa shape index (κ2) is 6.14. The molecule has 1 saturated carbocycles. The molecular formula is C19H23N7O. The Balaban J connectivity index is 1.33. The van der Waals surface area contributed by atoms with Gasteiger partial charge in [0.1, 0.15) is 5.69 Å². The summed E-state index contributed by atoms with van der Waals surface area (Å²) >= 11 is 0. The van der Waals surface area contributed by atoms with E-state index in [1.54, 1.807) is 4.68 Å². The van der Waals surface area contributed by atoms with Crippen LogP contribution in [0.1, 0.15) is 65.2 Å². The third-order valence-corrected chi connectivity index (χ3v) is 5.67. The van der Waals surface area contributed by atoms with Gasteiger partial charge < -0.3 is 4.90 Å². The fourth-order valence-corrected chi connectivity index (χ4v) is 3.98. The number of aryl methyl sites for hydroxylation is 2. The van der Waals surface area contributed by atoms with Crippen LogP contribution in [0.25, 0.3) is 5.65 Å². The minimum atomic E-state index is 0.0526. The number of piperidine rings is 1. The van der Waals surface area contributed by atoms with Crippen molar-refractivity contribution in [3.8, 4) is 0 Å². The molecule has 4 heterocycles. The van der Waals surface area contributed by atoms with Gasteiger partial charge in [-0.25, -0.2) is 0 Å². The SMILES string of the molecule is Cc1cc(C(=O)N2CCC(c3nnc4ccc(C5CC5)nn34)CC2)n(C)n1. The van der Waals surface area contributed by atoms with Crippen molar-refractivity contribution in [2.24, 2.45) is 7.05 Å². The van der Waals surface area contributed by atoms with Gasteiger partial charge in [0.15, 0.2) is 11.5 Å². The van der Waals surface area contributed by atoms with Crippen molar-refractivity contribution in [1.29, 1.82) is 0 Å². The maximum Gasteiger partial charge on any atom is 0.272 e. The molecule has 1 aliphatic carbocycles. The van der Waals surface area contributed by atoms with Gasteiger partial charge in [-0.15, -0.1) is 10.2 Å². The highest BCUT2D eigenvalue weighted by atomic mass is 16.2. The second-order valence-corrected chi connectivity index (χ2v) is 7.72. The molecule has 2 fully saturated rings. The van der Waals surface area contributed by atoms with E-state index in [1.165, 1.54) is 12.8 Å². The van der Waals surface area contributed by atoms with E-state index in [2.05, 4.69) is 21.4 Å². The Labute approximate surface area is 157 Å². The van der Waals surface area contributed by atoms with Crippen molar-refractivity contribution < 1.29 is 4.79 Å². The van der Waals surface area contributed by atoms with Crippen molar-refractivity contribution >= 4 is 11.6 Å². The van der Waals surface area contributed by atoms with Gasteiger partial charge >= 0.3 is 0 Å². The maximum absolute atomic E-state index is 12.8. The molecule has 0 radical (unpaired) electrons. The summed E-state index contributed by atoms with van der Waals surface area (Å²) in [6.07, 6.45) is 4.20. The number of carbonyl (C=O) groups is 1. The maximum atomic E-state index is 12.8. The number of hydrogen-bond donors (Lipinski definition) is 0. The Hall–Kier alpha value is -2.77. The Morgan fingerprint density at radius 1 is 1.04 bits per heavy atom. The first-order chi connectivity index (χ1) is 13.1. The van der Waals surface area contributed by atoms with E-state index < -0.39 is 0 Å². The fraction of sp³-hybridized carbons (Fsp3) is 0.526. The molecule has 140 valence electrons. The summed E-state index contributed by atoms with van der Waals surface area (Å²) in [6.45, 7) is 3.33. The predicted molar refractivity (Wildman–Crippen MR) is 98.6 cm³/mol. The van der Waals surface area contributed by atoms with Crippen LogP contribution in [0.4, 0.5) is 0 Å². The third kappa shape index (κ3) is 2.89. The van der Waals surface area contributed by atoms with Gasteiger partial charge in [0.25, 0.3) is 5.91 Å². The van der Waals surface area contributed by atoms with Gasteiger partial charge in [-0.2, -0.15) is 14.7 Å². The average molecular weight is 365 g/mol. The van der Waals surface area contributed by atoms with Crippen LogP contribution in [-0.4, -0.2) is 53.5 Å². The smallest absolute Gasteiger partial charge is 0.272 e. The Morgan fingerprint density at radius 2 is 1.81 bits per heavy atom. The van der Waals surface area contributed by atoms with E-state index in [0.717, 1.165) is 35.7 Å². The van der Waals surface area contributed by atoms with Crippen molar-refractivity contribution in [3.05, 3.63) is 41.1 Å². The molecule has 5 rings (SSSR count). The number of aromatic nitrogens is 6. The lowest BCUT2D eigenvalue weighted by Crippen LogP contribution is -2.39. The number of fused-ring (bicyclic) bond motifs is 1. The quantitative estimate of drug-likeness (QED) is 0.710. The number of nitrogens with zero attached hydrogens (tertiary/aromatic N) is 7. The number of hydrogen-bond acceptors (Lipinski definition) is 5. The molecule has 1 saturated heterocycles. The summed E-state index contributed by atoms with van der Waals surface area (Å²) in [5, 5.41) is 17.8. The number of rotatable bonds is 3. The summed E-state index contributed by atoms with van der Waals surface area (Å²) in [5.41, 5.74) is 3.46. The van der Waals surface area contributed by atoms with Gasteiger partial charge in [-0.3, -0.25) is 9.48 Å². The molecule has 8 heteroatoms. The van der Waals surface area contributed by atoms with E-state index in [0.29, 0.717) is 24.7 Å². The van der Waals surface area contributed by atoms with E-state index in [-0.39, 0.29) is 11.8 Å². The normalized spacial score (nSPS) is 18.4. The molecule has 8 nitrogen and oxygen atoms in total. The average Bonchev–Trinajstić information content (AvgIpc) is 3.36. The Bertz CT molecular complexity index is 1010. The molecular weight excluding hydrogens is 342 g/mol. The lowest BCUT2D eigenvalue weighted by atomic mass is 9.96. The zero-order valence-corrected chi connectivity index (χ0v) is 15.7. The summed E-state index contributed by atoms with van der Waals surface area (Å²) in [4.78, 5) is 14.7. The monoisotopic (exact) mass is 365 g/mol. The van der Waals surface area contributed by atoms with Gasteiger partial charge in [0.05, 0.1) is 11.4 Å². The van der Waals surface area contributed by atoms with Crippen LogP contribution in [-0.2, 0) is 7.05 Å². The molecule has 0 unspecified atom stereocenters. The molecule has 27 heavy (non-hydrogen) atoms. The van der Waals surface area contributed by atoms with Crippen molar-refractivity contribution in [2.45, 2.75) is 44.4 Å². The van der Waals surface area contributed by atoms with Gasteiger partial charge in [0.2, 0.25) is 0 Å². The van der Waals surface area contributed by atoms with Gasteiger partial charge in [-0.1, -0.05) is 0 Å². The molecule has 0 atom stereocenters. The molecule has 0 spiro atoms. The number of amides is 1. The first-order valence-corrected chi connectivity index (χ1v) is 9.62. The second-order valence-electron chi connectivity index (χ2n) is 7.72. The number of carbonyl (C=O) groups excluding carboxylic acids is 1. The topological polar surface area (TPSA) is 81.2 Å². The van der Waals surface area contributed by atoms with E-state index in [1.807, 2.05) is 35.5 Å². The molecule has 3 aromatic rings. The van der Waals surface area contributed by atoms with Crippen LogP contribution in [0.15, 0.2) is 18.2 Å². The molecule has 3 aromatic heterocycles. The largest absolute Gasteiger partial charge is 0.337 e.